The number of aromatic nitrogens is 2. The maximum Gasteiger partial charge on any atom is 0.164 e. The van der Waals surface area contributed by atoms with Gasteiger partial charge in [0.2, 0.25) is 0 Å². The summed E-state index contributed by atoms with van der Waals surface area (Å²) < 4.78 is 7.01. The van der Waals surface area contributed by atoms with Crippen molar-refractivity contribution in [3.63, 3.8) is 0 Å². The molecule has 108 valence electrons. The number of rotatable bonds is 2. The molecule has 0 radical (unpaired) electrons. The Morgan fingerprint density at radius 1 is 1.20 bits per heavy atom. The van der Waals surface area contributed by atoms with Crippen molar-refractivity contribution < 1.29 is 20.1 Å². The summed E-state index contributed by atoms with van der Waals surface area (Å²) in [4.78, 5) is 4.16. The first-order chi connectivity index (χ1) is 9.52. The predicted molar refractivity (Wildman–Crippen MR) is 72.8 cm³/mol. The molecule has 1 aromatic carbocycles. The van der Waals surface area contributed by atoms with Crippen LogP contribution in [-0.2, 0) is 4.74 Å². The number of imidazole rings is 1. The quantitative estimate of drug-likeness (QED) is 0.767. The Morgan fingerprint density at radius 2 is 1.90 bits per heavy atom. The van der Waals surface area contributed by atoms with Gasteiger partial charge < -0.3 is 24.6 Å². The maximum absolute atomic E-state index is 10.0. The first-order valence-electron chi connectivity index (χ1n) is 5.97. The van der Waals surface area contributed by atoms with Gasteiger partial charge >= 0.3 is 0 Å². The predicted octanol–water partition coefficient (Wildman–Crippen LogP) is 0.955. The zero-order valence-corrected chi connectivity index (χ0v) is 11.7. The number of hydrogen-bond donors (Lipinski definition) is 3. The molecule has 0 bridgehead atoms. The van der Waals surface area contributed by atoms with E-state index in [4.69, 9.17) is 33.0 Å². The molecule has 2 heterocycles. The highest BCUT2D eigenvalue weighted by Gasteiger charge is 2.43. The summed E-state index contributed by atoms with van der Waals surface area (Å²) in [5, 5.41) is 29.6. The van der Waals surface area contributed by atoms with Crippen molar-refractivity contribution in [2.24, 2.45) is 0 Å². The largest absolute Gasteiger partial charge is 0.394 e. The Labute approximate surface area is 124 Å². The third-order valence-electron chi connectivity index (χ3n) is 3.41. The van der Waals surface area contributed by atoms with E-state index in [-0.39, 0.29) is 6.61 Å². The highest BCUT2D eigenvalue weighted by atomic mass is 35.5. The minimum absolute atomic E-state index is 0.354. The lowest BCUT2D eigenvalue weighted by molar-refractivity contribution is -0.0508. The minimum atomic E-state index is -1.17. The summed E-state index contributed by atoms with van der Waals surface area (Å²) in [5.74, 6) is 0. The SMILES string of the molecule is OC[C@H]1O[C@@H](n2cnc3cc(Cl)c(Cl)cc32)[C@@H](O)[C@@H]1O. The van der Waals surface area contributed by atoms with E-state index in [0.29, 0.717) is 21.1 Å². The first kappa shape index (κ1) is 14.1. The van der Waals surface area contributed by atoms with Gasteiger partial charge in [-0.15, -0.1) is 0 Å². The fourth-order valence-electron chi connectivity index (χ4n) is 2.34. The molecule has 20 heavy (non-hydrogen) atoms. The van der Waals surface area contributed by atoms with Gasteiger partial charge in [0.1, 0.15) is 18.3 Å². The molecule has 1 fully saturated rings. The van der Waals surface area contributed by atoms with Gasteiger partial charge in [-0.3, -0.25) is 0 Å². The molecule has 2 aromatic rings. The normalized spacial score (nSPS) is 30.2. The van der Waals surface area contributed by atoms with Crippen molar-refractivity contribution in [2.75, 3.05) is 6.61 Å². The van der Waals surface area contributed by atoms with Gasteiger partial charge in [0.15, 0.2) is 6.23 Å². The molecular formula is C12H12Cl2N2O4. The van der Waals surface area contributed by atoms with Crippen LogP contribution in [0, 0.1) is 0 Å². The van der Waals surface area contributed by atoms with Crippen molar-refractivity contribution in [1.82, 2.24) is 9.55 Å². The van der Waals surface area contributed by atoms with Gasteiger partial charge in [-0.25, -0.2) is 4.98 Å². The molecule has 0 spiro atoms. The molecule has 1 aromatic heterocycles. The van der Waals surface area contributed by atoms with Crippen molar-refractivity contribution in [2.45, 2.75) is 24.5 Å². The lowest BCUT2D eigenvalue weighted by Crippen LogP contribution is -2.33. The van der Waals surface area contributed by atoms with Crippen LogP contribution in [0.1, 0.15) is 6.23 Å². The Hall–Kier alpha value is -0.890. The average molecular weight is 319 g/mol. The molecule has 6 nitrogen and oxygen atoms in total. The van der Waals surface area contributed by atoms with Crippen LogP contribution < -0.4 is 0 Å². The number of aliphatic hydroxyl groups excluding tert-OH is 3. The van der Waals surface area contributed by atoms with Crippen molar-refractivity contribution in [3.8, 4) is 0 Å². The second-order valence-electron chi connectivity index (χ2n) is 4.64. The lowest BCUT2D eigenvalue weighted by atomic mass is 10.1. The third-order valence-corrected chi connectivity index (χ3v) is 4.13. The molecule has 0 saturated carbocycles. The lowest BCUT2D eigenvalue weighted by Gasteiger charge is -2.17. The smallest absolute Gasteiger partial charge is 0.164 e. The molecule has 1 aliphatic rings. The summed E-state index contributed by atoms with van der Waals surface area (Å²) in [5.41, 5.74) is 1.21. The summed E-state index contributed by atoms with van der Waals surface area (Å²) in [6, 6.07) is 3.22. The van der Waals surface area contributed by atoms with E-state index in [9.17, 15) is 10.2 Å². The van der Waals surface area contributed by atoms with E-state index in [1.807, 2.05) is 0 Å². The molecule has 3 rings (SSSR count). The van der Waals surface area contributed by atoms with Crippen molar-refractivity contribution in [1.29, 1.82) is 0 Å². The van der Waals surface area contributed by atoms with Crippen molar-refractivity contribution >= 4 is 34.2 Å². The summed E-state index contributed by atoms with van der Waals surface area (Å²) in [7, 11) is 0. The van der Waals surface area contributed by atoms with Crippen LogP contribution in [0.3, 0.4) is 0 Å². The molecule has 0 aliphatic carbocycles. The Bertz CT molecular complexity index is 648. The number of ether oxygens (including phenoxy) is 1. The second kappa shape index (κ2) is 5.14. The third kappa shape index (κ3) is 2.09. The summed E-state index contributed by atoms with van der Waals surface area (Å²) >= 11 is 11.9. The zero-order valence-electron chi connectivity index (χ0n) is 10.1. The first-order valence-corrected chi connectivity index (χ1v) is 6.72. The Kier molecular flexibility index (Phi) is 3.62. The number of fused-ring (bicyclic) bond motifs is 1. The molecule has 4 atom stereocenters. The fourth-order valence-corrected chi connectivity index (χ4v) is 2.65. The Morgan fingerprint density at radius 3 is 2.55 bits per heavy atom. The molecule has 8 heteroatoms. The highest BCUT2D eigenvalue weighted by Crippen LogP contribution is 2.34. The minimum Gasteiger partial charge on any atom is -0.394 e. The number of nitrogens with zero attached hydrogens (tertiary/aromatic N) is 2. The maximum atomic E-state index is 10.0. The molecular weight excluding hydrogens is 307 g/mol. The standard InChI is InChI=1S/C12H12Cl2N2O4/c13-5-1-7-8(2-6(5)14)16(4-15-7)12-11(19)10(18)9(3-17)20-12/h1-2,4,9-12,17-19H,3H2/t9-,10-,11+,12-/m1/s1. The summed E-state index contributed by atoms with van der Waals surface area (Å²) in [6.45, 7) is -0.381. The topological polar surface area (TPSA) is 87.7 Å². The molecule has 0 unspecified atom stereocenters. The van der Waals surface area contributed by atoms with Gasteiger partial charge in [0, 0.05) is 0 Å². The molecule has 1 saturated heterocycles. The monoisotopic (exact) mass is 318 g/mol. The zero-order chi connectivity index (χ0) is 14.4. The number of hydrogen-bond acceptors (Lipinski definition) is 5. The van der Waals surface area contributed by atoms with E-state index in [0.717, 1.165) is 0 Å². The molecule has 0 amide bonds. The van der Waals surface area contributed by atoms with Crippen LogP contribution in [0.5, 0.6) is 0 Å². The van der Waals surface area contributed by atoms with E-state index >= 15 is 0 Å². The number of benzene rings is 1. The molecule has 1 aliphatic heterocycles. The fraction of sp³-hybridized carbons (Fsp3) is 0.417. The van der Waals surface area contributed by atoms with Crippen LogP contribution >= 0.6 is 23.2 Å². The van der Waals surface area contributed by atoms with E-state index in [1.54, 1.807) is 16.7 Å². The van der Waals surface area contributed by atoms with Gasteiger partial charge in [-0.2, -0.15) is 0 Å². The van der Waals surface area contributed by atoms with Gasteiger partial charge in [-0.05, 0) is 12.1 Å². The second-order valence-corrected chi connectivity index (χ2v) is 5.45. The van der Waals surface area contributed by atoms with Gasteiger partial charge in [0.25, 0.3) is 0 Å². The average Bonchev–Trinajstić information content (AvgIpc) is 2.94. The van der Waals surface area contributed by atoms with E-state index < -0.39 is 24.5 Å². The van der Waals surface area contributed by atoms with E-state index in [2.05, 4.69) is 4.98 Å². The van der Waals surface area contributed by atoms with Crippen LogP contribution in [0.25, 0.3) is 11.0 Å². The van der Waals surface area contributed by atoms with Crippen LogP contribution in [0.4, 0.5) is 0 Å². The summed E-state index contributed by atoms with van der Waals surface area (Å²) in [6.07, 6.45) is -2.54. The molecule has 3 N–H and O–H groups in total. The van der Waals surface area contributed by atoms with Crippen LogP contribution in [0.15, 0.2) is 18.5 Å². The van der Waals surface area contributed by atoms with Crippen LogP contribution in [-0.4, -0.2) is 49.8 Å². The van der Waals surface area contributed by atoms with Crippen LogP contribution in [0.2, 0.25) is 10.0 Å². The van der Waals surface area contributed by atoms with Gasteiger partial charge in [0.05, 0.1) is 34.0 Å². The highest BCUT2D eigenvalue weighted by molar-refractivity contribution is 6.42. The van der Waals surface area contributed by atoms with E-state index in [1.165, 1.54) is 6.33 Å². The Balaban J connectivity index is 2.05. The van der Waals surface area contributed by atoms with Crippen molar-refractivity contribution in [3.05, 3.63) is 28.5 Å². The number of halogens is 2. The van der Waals surface area contributed by atoms with Gasteiger partial charge in [-0.1, -0.05) is 23.2 Å². The number of aliphatic hydroxyl groups is 3.